The zero-order valence-electron chi connectivity index (χ0n) is 13.2. The van der Waals surface area contributed by atoms with Crippen molar-refractivity contribution in [2.75, 3.05) is 13.3 Å². The number of sulfone groups is 1. The first-order valence-corrected chi connectivity index (χ1v) is 10.1. The molecular weight excluding hydrogens is 344 g/mol. The quantitative estimate of drug-likeness (QED) is 0.657. The first-order valence-electron chi connectivity index (χ1n) is 6.69. The van der Waals surface area contributed by atoms with Crippen LogP contribution in [0.15, 0.2) is 34.1 Å². The molecule has 1 rings (SSSR count). The van der Waals surface area contributed by atoms with Crippen LogP contribution in [0.3, 0.4) is 0 Å². The fourth-order valence-corrected chi connectivity index (χ4v) is 4.32. The zero-order valence-corrected chi connectivity index (χ0v) is 14.9. The van der Waals surface area contributed by atoms with E-state index in [4.69, 9.17) is 0 Å². The summed E-state index contributed by atoms with van der Waals surface area (Å²) >= 11 is 0. The van der Waals surface area contributed by atoms with Gasteiger partial charge in [-0.25, -0.2) is 21.6 Å². The average Bonchev–Trinajstić information content (AvgIpc) is 2.45. The van der Waals surface area contributed by atoms with Crippen LogP contribution in [0.4, 0.5) is 0 Å². The third-order valence-electron chi connectivity index (χ3n) is 3.02. The van der Waals surface area contributed by atoms with E-state index in [2.05, 4.69) is 10.2 Å². The molecule has 1 aromatic rings. The third kappa shape index (κ3) is 4.99. The minimum absolute atomic E-state index is 0.125. The molecule has 0 fully saturated rings. The van der Waals surface area contributed by atoms with Crippen LogP contribution >= 0.6 is 0 Å². The van der Waals surface area contributed by atoms with E-state index in [9.17, 15) is 21.6 Å². The molecule has 0 heterocycles. The van der Waals surface area contributed by atoms with Gasteiger partial charge < -0.3 is 10.2 Å². The summed E-state index contributed by atoms with van der Waals surface area (Å²) in [6.07, 6.45) is 0.892. The van der Waals surface area contributed by atoms with Crippen molar-refractivity contribution in [2.45, 2.75) is 29.7 Å². The van der Waals surface area contributed by atoms with Crippen molar-refractivity contribution in [1.82, 2.24) is 10.2 Å². The maximum absolute atomic E-state index is 12.2. The molecule has 0 aromatic heterocycles. The summed E-state index contributed by atoms with van der Waals surface area (Å²) in [5.41, 5.74) is 0. The highest BCUT2D eigenvalue weighted by Gasteiger charge is 2.27. The maximum atomic E-state index is 12.2. The Morgan fingerprint density at radius 2 is 1.61 bits per heavy atom. The van der Waals surface area contributed by atoms with Crippen LogP contribution in [0.2, 0.25) is 0 Å². The maximum Gasteiger partial charge on any atom is 0.343 e. The van der Waals surface area contributed by atoms with Crippen molar-refractivity contribution >= 4 is 25.8 Å². The van der Waals surface area contributed by atoms with E-state index in [1.165, 1.54) is 12.1 Å². The summed E-state index contributed by atoms with van der Waals surface area (Å²) in [5, 5.41) is 2.71. The van der Waals surface area contributed by atoms with Crippen LogP contribution < -0.4 is 10.2 Å². The highest BCUT2D eigenvalue weighted by atomic mass is 32.2. The Balaban J connectivity index is 3.05. The Hall–Kier alpha value is -1.49. The van der Waals surface area contributed by atoms with Crippen molar-refractivity contribution in [3.05, 3.63) is 24.3 Å². The molecule has 0 aliphatic rings. The van der Waals surface area contributed by atoms with Gasteiger partial charge in [0, 0.05) is 6.26 Å². The van der Waals surface area contributed by atoms with Gasteiger partial charge in [-0.3, -0.25) is 0 Å². The molecule has 130 valence electrons. The van der Waals surface area contributed by atoms with Gasteiger partial charge in [-0.1, -0.05) is 26.0 Å². The van der Waals surface area contributed by atoms with Gasteiger partial charge in [0.2, 0.25) is 0 Å². The molecule has 1 atom stereocenters. The third-order valence-corrected chi connectivity index (χ3v) is 5.54. The van der Waals surface area contributed by atoms with Gasteiger partial charge in [0.25, 0.3) is 10.0 Å². The zero-order chi connectivity index (χ0) is 17.8. The van der Waals surface area contributed by atoms with Crippen LogP contribution in [0.1, 0.15) is 13.8 Å². The lowest BCUT2D eigenvalue weighted by Crippen LogP contribution is -2.43. The fourth-order valence-electron chi connectivity index (χ4n) is 1.91. The lowest BCUT2D eigenvalue weighted by atomic mass is 10.1. The molecule has 0 amide bonds. The molecule has 1 aromatic carbocycles. The first-order chi connectivity index (χ1) is 10.5. The summed E-state index contributed by atoms with van der Waals surface area (Å²) in [6, 6.07) is 4.34. The lowest BCUT2D eigenvalue weighted by molar-refractivity contribution is -0.150. The van der Waals surface area contributed by atoms with Crippen molar-refractivity contribution in [3.8, 4) is 0 Å². The van der Waals surface area contributed by atoms with E-state index < -0.39 is 36.8 Å². The highest BCUT2D eigenvalue weighted by molar-refractivity contribution is 7.93. The molecule has 0 saturated heterocycles. The summed E-state index contributed by atoms with van der Waals surface area (Å²) in [7, 11) is -6.56. The Morgan fingerprint density at radius 3 is 2.04 bits per heavy atom. The van der Waals surface area contributed by atoms with Crippen molar-refractivity contribution in [2.24, 2.45) is 5.92 Å². The smallest absolute Gasteiger partial charge is 0.343 e. The molecular formula is C13H20N2O6S2. The van der Waals surface area contributed by atoms with E-state index >= 15 is 0 Å². The second kappa shape index (κ2) is 7.39. The van der Waals surface area contributed by atoms with E-state index in [0.29, 0.717) is 0 Å². The minimum Gasteiger partial charge on any atom is -0.354 e. The topological polar surface area (TPSA) is 119 Å². The highest BCUT2D eigenvalue weighted by Crippen LogP contribution is 2.20. The SMILES string of the molecule is CNC(C(=O)ONS(=O)(=O)c1ccccc1S(C)(=O)=O)C(C)C. The van der Waals surface area contributed by atoms with Crippen LogP contribution in [-0.4, -0.2) is 42.2 Å². The van der Waals surface area contributed by atoms with Gasteiger partial charge in [-0.15, -0.1) is 0 Å². The monoisotopic (exact) mass is 364 g/mol. The van der Waals surface area contributed by atoms with Crippen LogP contribution in [0, 0.1) is 5.92 Å². The molecule has 23 heavy (non-hydrogen) atoms. The fraction of sp³-hybridized carbons (Fsp3) is 0.462. The Bertz CT molecular complexity index is 771. The number of nitrogens with one attached hydrogen (secondary N) is 2. The number of likely N-dealkylation sites (N-methyl/N-ethyl adjacent to an activating group) is 1. The normalized spacial score (nSPS) is 13.8. The number of benzene rings is 1. The van der Waals surface area contributed by atoms with Gasteiger partial charge in [0.1, 0.15) is 10.9 Å². The predicted octanol–water partition coefficient (Wildman–Crippen LogP) is 0.0706. The van der Waals surface area contributed by atoms with Gasteiger partial charge >= 0.3 is 5.97 Å². The molecule has 0 radical (unpaired) electrons. The van der Waals surface area contributed by atoms with Gasteiger partial charge in [0.05, 0.1) is 4.90 Å². The molecule has 2 N–H and O–H groups in total. The van der Waals surface area contributed by atoms with Gasteiger partial charge in [0.15, 0.2) is 9.84 Å². The van der Waals surface area contributed by atoms with Crippen molar-refractivity contribution in [1.29, 1.82) is 0 Å². The van der Waals surface area contributed by atoms with Gasteiger partial charge in [-0.2, -0.15) is 0 Å². The molecule has 1 unspecified atom stereocenters. The van der Waals surface area contributed by atoms with Crippen molar-refractivity contribution in [3.63, 3.8) is 0 Å². The van der Waals surface area contributed by atoms with E-state index in [1.807, 2.05) is 0 Å². The second-order valence-electron chi connectivity index (χ2n) is 5.24. The summed E-state index contributed by atoms with van der Waals surface area (Å²) in [5.74, 6) is -0.941. The second-order valence-corrected chi connectivity index (χ2v) is 8.83. The molecule has 0 aliphatic heterocycles. The number of rotatable bonds is 7. The summed E-state index contributed by atoms with van der Waals surface area (Å²) in [6.45, 7) is 3.52. The number of carbonyl (C=O) groups excluding carboxylic acids is 1. The molecule has 10 heteroatoms. The minimum atomic E-state index is -4.34. The summed E-state index contributed by atoms with van der Waals surface area (Å²) < 4.78 is 47.8. The van der Waals surface area contributed by atoms with Crippen molar-refractivity contribution < 1.29 is 26.5 Å². The number of hydrogen-bond donors (Lipinski definition) is 2. The van der Waals surface area contributed by atoms with E-state index in [-0.39, 0.29) is 10.8 Å². The van der Waals surface area contributed by atoms with Gasteiger partial charge in [-0.05, 0) is 30.0 Å². The Labute approximate surface area is 136 Å². The Morgan fingerprint density at radius 1 is 1.09 bits per heavy atom. The van der Waals surface area contributed by atoms with E-state index in [1.54, 1.807) is 25.8 Å². The number of sulfonamides is 1. The largest absolute Gasteiger partial charge is 0.354 e. The molecule has 0 saturated carbocycles. The molecule has 0 aliphatic carbocycles. The average molecular weight is 364 g/mol. The number of hydrogen-bond acceptors (Lipinski definition) is 7. The van der Waals surface area contributed by atoms with Crippen LogP contribution in [-0.2, 0) is 29.5 Å². The van der Waals surface area contributed by atoms with E-state index in [0.717, 1.165) is 18.4 Å². The van der Waals surface area contributed by atoms with Crippen LogP contribution in [0.25, 0.3) is 0 Å². The molecule has 8 nitrogen and oxygen atoms in total. The molecule has 0 bridgehead atoms. The first kappa shape index (κ1) is 19.6. The lowest BCUT2D eigenvalue weighted by Gasteiger charge is -2.18. The molecule has 0 spiro atoms. The Kier molecular flexibility index (Phi) is 6.28. The number of carbonyl (C=O) groups is 1. The summed E-state index contributed by atoms with van der Waals surface area (Å²) in [4.78, 5) is 17.3. The predicted molar refractivity (Wildman–Crippen MR) is 83.7 cm³/mol. The standard InChI is InChI=1S/C13H20N2O6S2/c1-9(2)12(14-3)13(16)21-15-23(19,20)11-8-6-5-7-10(11)22(4,17)18/h5-9,12,14-15H,1-4H3. The van der Waals surface area contributed by atoms with Crippen LogP contribution in [0.5, 0.6) is 0 Å².